The highest BCUT2D eigenvalue weighted by Gasteiger charge is 2.57. The van der Waals surface area contributed by atoms with E-state index >= 15 is 0 Å². The monoisotopic (exact) mass is 558 g/mol. The van der Waals surface area contributed by atoms with Crippen LogP contribution in [0.2, 0.25) is 0 Å². The molecule has 4 aliphatic carbocycles. The Bertz CT molecular complexity index is 1080. The Morgan fingerprint density at radius 2 is 1.48 bits per heavy atom. The van der Waals surface area contributed by atoms with Crippen molar-refractivity contribution >= 4 is 34.5 Å². The topological polar surface area (TPSA) is 72.8 Å². The van der Waals surface area contributed by atoms with Crippen LogP contribution >= 0.6 is 22.6 Å². The van der Waals surface area contributed by atoms with Crippen molar-refractivity contribution in [3.8, 4) is 0 Å². The minimum atomic E-state index is -0.700. The summed E-state index contributed by atoms with van der Waals surface area (Å²) in [5.41, 5.74) is 3.60. The second kappa shape index (κ2) is 8.87. The fourth-order valence-corrected chi connectivity index (χ4v) is 6.99. The molecule has 6 heteroatoms. The summed E-state index contributed by atoms with van der Waals surface area (Å²) in [6, 6.07) is 16.1. The number of hydrogen-bond donors (Lipinski definition) is 1. The van der Waals surface area contributed by atoms with Gasteiger partial charge >= 0.3 is 11.9 Å². The number of rotatable bonds is 5. The molecule has 0 aliphatic heterocycles. The largest absolute Gasteiger partial charge is 0.463 e. The first-order valence-corrected chi connectivity index (χ1v) is 12.6. The van der Waals surface area contributed by atoms with E-state index in [4.69, 9.17) is 9.47 Å². The van der Waals surface area contributed by atoms with Crippen LogP contribution in [0.1, 0.15) is 60.3 Å². The van der Waals surface area contributed by atoms with Crippen LogP contribution in [0.3, 0.4) is 0 Å². The Hall–Kier alpha value is -2.19. The zero-order chi connectivity index (χ0) is 23.2. The van der Waals surface area contributed by atoms with Gasteiger partial charge in [-0.3, -0.25) is 9.59 Å². The Labute approximate surface area is 207 Å². The number of allylic oxidation sites excluding steroid dienone is 1. The summed E-state index contributed by atoms with van der Waals surface area (Å²) < 4.78 is 12.8. The van der Waals surface area contributed by atoms with Gasteiger partial charge in [-0.15, -0.1) is 0 Å². The van der Waals surface area contributed by atoms with Crippen molar-refractivity contribution in [2.45, 2.75) is 43.6 Å². The molecule has 0 aromatic heterocycles. The maximum atomic E-state index is 13.9. The summed E-state index contributed by atoms with van der Waals surface area (Å²) in [4.78, 5) is 27.2. The van der Waals surface area contributed by atoms with E-state index in [2.05, 4.69) is 34.7 Å². The molecule has 1 N–H and O–H groups in total. The summed E-state index contributed by atoms with van der Waals surface area (Å²) in [5, 5.41) is 9.24. The smallest absolute Gasteiger partial charge is 0.311 e. The number of carbonyl (C=O) groups excluding carboxylic acids is 2. The third kappa shape index (κ3) is 3.91. The van der Waals surface area contributed by atoms with E-state index in [1.54, 1.807) is 0 Å². The van der Waals surface area contributed by atoms with Crippen LogP contribution in [-0.2, 0) is 19.1 Å². The molecule has 0 spiro atoms. The van der Waals surface area contributed by atoms with E-state index in [1.807, 2.05) is 49.4 Å². The van der Waals surface area contributed by atoms with Gasteiger partial charge in [0.25, 0.3) is 0 Å². The second-order valence-corrected chi connectivity index (χ2v) is 10.7. The molecule has 0 saturated carbocycles. The molecule has 33 heavy (non-hydrogen) atoms. The molecule has 0 heterocycles. The molecule has 0 amide bonds. The predicted molar refractivity (Wildman–Crippen MR) is 132 cm³/mol. The van der Waals surface area contributed by atoms with Crippen molar-refractivity contribution in [1.29, 1.82) is 0 Å². The first-order valence-electron chi connectivity index (χ1n) is 11.5. The van der Waals surface area contributed by atoms with Gasteiger partial charge in [0, 0.05) is 11.8 Å². The van der Waals surface area contributed by atoms with E-state index < -0.39 is 23.4 Å². The number of fused-ring (bicyclic) bond motifs is 1. The molecule has 3 unspecified atom stereocenters. The fraction of sp³-hybridized carbons (Fsp3) is 0.407. The van der Waals surface area contributed by atoms with Gasteiger partial charge in [-0.1, -0.05) is 48.5 Å². The third-order valence-corrected chi connectivity index (χ3v) is 8.05. The van der Waals surface area contributed by atoms with Crippen LogP contribution in [0.5, 0.6) is 0 Å². The summed E-state index contributed by atoms with van der Waals surface area (Å²) >= 11 is 2.30. The molecule has 4 aliphatic rings. The van der Waals surface area contributed by atoms with Gasteiger partial charge < -0.3 is 14.6 Å². The van der Waals surface area contributed by atoms with Crippen LogP contribution in [0.4, 0.5) is 0 Å². The number of ether oxygens (including phenoxy) is 2. The van der Waals surface area contributed by atoms with Crippen molar-refractivity contribution in [1.82, 2.24) is 0 Å². The van der Waals surface area contributed by atoms with Gasteiger partial charge in [-0.2, -0.15) is 0 Å². The quantitative estimate of drug-likeness (QED) is 0.420. The van der Waals surface area contributed by atoms with Crippen molar-refractivity contribution in [3.63, 3.8) is 0 Å². The van der Waals surface area contributed by atoms with Gasteiger partial charge in [0.15, 0.2) is 0 Å². The molecule has 172 valence electrons. The van der Waals surface area contributed by atoms with E-state index in [0.29, 0.717) is 0 Å². The van der Waals surface area contributed by atoms with Crippen LogP contribution in [0, 0.1) is 11.8 Å². The average Bonchev–Trinajstić information content (AvgIpc) is 2.81. The van der Waals surface area contributed by atoms with Crippen molar-refractivity contribution in [3.05, 3.63) is 80.4 Å². The van der Waals surface area contributed by atoms with Gasteiger partial charge in [0.1, 0.15) is 12.2 Å². The second-order valence-electron chi connectivity index (χ2n) is 9.33. The maximum absolute atomic E-state index is 13.9. The van der Waals surface area contributed by atoms with Crippen molar-refractivity contribution in [2.75, 3.05) is 13.2 Å². The molecule has 2 aromatic rings. The number of aliphatic hydroxyl groups is 1. The van der Waals surface area contributed by atoms with Crippen LogP contribution in [0.15, 0.2) is 58.2 Å². The zero-order valence-electron chi connectivity index (χ0n) is 18.5. The van der Waals surface area contributed by atoms with E-state index in [9.17, 15) is 14.7 Å². The Kier molecular flexibility index (Phi) is 6.07. The van der Waals surface area contributed by atoms with Crippen molar-refractivity contribution < 1.29 is 24.2 Å². The third-order valence-electron chi connectivity index (χ3n) is 7.20. The van der Waals surface area contributed by atoms with Crippen LogP contribution in [-0.4, -0.2) is 35.9 Å². The minimum Gasteiger partial charge on any atom is -0.463 e. The van der Waals surface area contributed by atoms with Gasteiger partial charge in [-0.05, 0) is 80.7 Å². The number of hydrogen-bond acceptors (Lipinski definition) is 5. The van der Waals surface area contributed by atoms with E-state index in [0.717, 1.165) is 41.5 Å². The van der Waals surface area contributed by atoms with Crippen LogP contribution < -0.4 is 0 Å². The number of halogens is 1. The molecule has 5 nitrogen and oxygen atoms in total. The van der Waals surface area contributed by atoms with Gasteiger partial charge in [0.2, 0.25) is 0 Å². The zero-order valence-corrected chi connectivity index (χ0v) is 20.7. The standard InChI is InChI=1S/C27H27IO5/c1-27(12-6-7-16(28)15-27)33-26(31)24-22-19-10-4-2-8-17(19)21(18-9-3-5-11-20(18)22)23(24)25(30)32-14-13-29/h2-5,8-11,15,21-24,29H,6-7,12-14H2,1H3. The molecular weight excluding hydrogens is 531 g/mol. The molecule has 0 fully saturated rings. The lowest BCUT2D eigenvalue weighted by atomic mass is 9.54. The molecular formula is C27H27IO5. The highest BCUT2D eigenvalue weighted by Crippen LogP contribution is 2.59. The lowest BCUT2D eigenvalue weighted by molar-refractivity contribution is -0.171. The molecule has 2 aromatic carbocycles. The maximum Gasteiger partial charge on any atom is 0.311 e. The highest BCUT2D eigenvalue weighted by atomic mass is 127. The lowest BCUT2D eigenvalue weighted by Crippen LogP contribution is -2.49. The molecule has 0 radical (unpaired) electrons. The number of benzene rings is 2. The summed E-state index contributed by atoms with van der Waals surface area (Å²) in [6.07, 6.45) is 4.76. The Morgan fingerprint density at radius 1 is 0.970 bits per heavy atom. The fourth-order valence-electron chi connectivity index (χ4n) is 5.95. The Balaban J connectivity index is 1.61. The average molecular weight is 558 g/mol. The highest BCUT2D eigenvalue weighted by molar-refractivity contribution is 14.1. The van der Waals surface area contributed by atoms with E-state index in [-0.39, 0.29) is 31.0 Å². The summed E-state index contributed by atoms with van der Waals surface area (Å²) in [7, 11) is 0. The Morgan fingerprint density at radius 3 is 1.97 bits per heavy atom. The summed E-state index contributed by atoms with van der Waals surface area (Å²) in [5.74, 6) is -2.77. The minimum absolute atomic E-state index is 0.0869. The van der Waals surface area contributed by atoms with Gasteiger partial charge in [0.05, 0.1) is 18.4 Å². The molecule has 0 saturated heterocycles. The first-order chi connectivity index (χ1) is 15.9. The SMILES string of the molecule is CC1(OC(=O)C2C3c4ccccc4C(c4ccccc43)C2C(=O)OCCO)C=C(I)CCC1. The normalized spacial score (nSPS) is 29.5. The van der Waals surface area contributed by atoms with Crippen molar-refractivity contribution in [2.24, 2.45) is 11.8 Å². The first kappa shape index (κ1) is 22.6. The lowest BCUT2D eigenvalue weighted by Gasteiger charge is -2.49. The van der Waals surface area contributed by atoms with Crippen LogP contribution in [0.25, 0.3) is 0 Å². The number of esters is 2. The number of carbonyl (C=O) groups is 2. The van der Waals surface area contributed by atoms with Gasteiger partial charge in [-0.25, -0.2) is 0 Å². The molecule has 6 rings (SSSR count). The number of aliphatic hydroxyl groups excluding tert-OH is 1. The summed E-state index contributed by atoms with van der Waals surface area (Å²) in [6.45, 7) is 1.61. The van der Waals surface area contributed by atoms with E-state index in [1.165, 1.54) is 3.58 Å². The predicted octanol–water partition coefficient (Wildman–Crippen LogP) is 4.85. The molecule has 2 bridgehead atoms. The molecule has 3 atom stereocenters.